The highest BCUT2D eigenvalue weighted by Crippen LogP contribution is 2.65. The Labute approximate surface area is 150 Å². The van der Waals surface area contributed by atoms with Crippen LogP contribution >= 0.6 is 0 Å². The highest BCUT2D eigenvalue weighted by Gasteiger charge is 2.66. The molecule has 2 aliphatic heterocycles. The lowest BCUT2D eigenvalue weighted by Crippen LogP contribution is -2.73. The fourth-order valence-corrected chi connectivity index (χ4v) is 6.08. The van der Waals surface area contributed by atoms with E-state index >= 15 is 0 Å². The van der Waals surface area contributed by atoms with Gasteiger partial charge in [0.1, 0.15) is 5.75 Å². The van der Waals surface area contributed by atoms with Crippen LogP contribution in [0.4, 0.5) is 0 Å². The zero-order valence-electron chi connectivity index (χ0n) is 16.0. The van der Waals surface area contributed by atoms with Gasteiger partial charge in [-0.15, -0.1) is 0 Å². The van der Waals surface area contributed by atoms with Crippen molar-refractivity contribution in [2.45, 2.75) is 57.5 Å². The Morgan fingerprint density at radius 1 is 1.32 bits per heavy atom. The van der Waals surface area contributed by atoms with Crippen LogP contribution < -0.4 is 4.74 Å². The van der Waals surface area contributed by atoms with Gasteiger partial charge in [-0.05, 0) is 61.9 Å². The van der Waals surface area contributed by atoms with E-state index < -0.39 is 0 Å². The molecule has 136 valence electrons. The lowest BCUT2D eigenvalue weighted by molar-refractivity contribution is -0.180. The van der Waals surface area contributed by atoms with Crippen LogP contribution in [0.3, 0.4) is 0 Å². The zero-order chi connectivity index (χ0) is 18.0. The quantitative estimate of drug-likeness (QED) is 0.790. The van der Waals surface area contributed by atoms with Crippen molar-refractivity contribution >= 4 is 5.97 Å². The maximum Gasteiger partial charge on any atom is 0.310 e. The largest absolute Gasteiger partial charge is 0.497 e. The number of methoxy groups -OCH3 is 1. The van der Waals surface area contributed by atoms with Crippen molar-refractivity contribution in [3.8, 4) is 5.75 Å². The molecule has 2 heterocycles. The maximum atomic E-state index is 12.6. The minimum atomic E-state index is -0.0162. The molecule has 4 nitrogen and oxygen atoms in total. The number of benzene rings is 1. The number of hydrogen-bond donors (Lipinski definition) is 0. The Morgan fingerprint density at radius 3 is 2.76 bits per heavy atom. The van der Waals surface area contributed by atoms with Gasteiger partial charge in [-0.25, -0.2) is 0 Å². The van der Waals surface area contributed by atoms with Crippen LogP contribution in [0.5, 0.6) is 5.75 Å². The van der Waals surface area contributed by atoms with Gasteiger partial charge in [0.2, 0.25) is 0 Å². The Morgan fingerprint density at radius 2 is 2.08 bits per heavy atom. The SMILES string of the molecule is CCOC(=O)C1C[C@]2(C)C3Cc4ccc(OC)cc4[C@]2(C)CC1N3C. The van der Waals surface area contributed by atoms with Crippen LogP contribution in [-0.4, -0.2) is 43.7 Å². The van der Waals surface area contributed by atoms with E-state index in [2.05, 4.69) is 44.0 Å². The molecule has 0 N–H and O–H groups in total. The highest BCUT2D eigenvalue weighted by molar-refractivity contribution is 5.74. The van der Waals surface area contributed by atoms with E-state index in [1.807, 2.05) is 6.92 Å². The van der Waals surface area contributed by atoms with E-state index in [9.17, 15) is 4.79 Å². The minimum Gasteiger partial charge on any atom is -0.497 e. The number of fused-ring (bicyclic) bond motifs is 2. The van der Waals surface area contributed by atoms with Gasteiger partial charge >= 0.3 is 5.97 Å². The molecular weight excluding hydrogens is 314 g/mol. The molecule has 2 aliphatic carbocycles. The summed E-state index contributed by atoms with van der Waals surface area (Å²) in [7, 11) is 3.93. The first-order valence-corrected chi connectivity index (χ1v) is 9.41. The summed E-state index contributed by atoms with van der Waals surface area (Å²) in [5.41, 5.74) is 2.99. The molecule has 4 aliphatic rings. The number of rotatable bonds is 3. The average molecular weight is 343 g/mol. The van der Waals surface area contributed by atoms with Crippen LogP contribution in [0.25, 0.3) is 0 Å². The van der Waals surface area contributed by atoms with E-state index in [1.165, 1.54) is 11.1 Å². The molecule has 4 bridgehead atoms. The van der Waals surface area contributed by atoms with E-state index in [-0.39, 0.29) is 28.8 Å². The normalized spacial score (nSPS) is 39.0. The second-order valence-electron chi connectivity index (χ2n) is 8.49. The predicted molar refractivity (Wildman–Crippen MR) is 96.9 cm³/mol. The van der Waals surface area contributed by atoms with Crippen molar-refractivity contribution in [3.63, 3.8) is 0 Å². The number of piperidine rings is 2. The number of carbonyl (C=O) groups is 1. The van der Waals surface area contributed by atoms with Crippen molar-refractivity contribution in [2.24, 2.45) is 11.3 Å². The number of likely N-dealkylation sites (N-methyl/N-ethyl adjacent to an activating group) is 1. The smallest absolute Gasteiger partial charge is 0.310 e. The maximum absolute atomic E-state index is 12.6. The molecule has 0 amide bonds. The Kier molecular flexibility index (Phi) is 3.70. The van der Waals surface area contributed by atoms with Gasteiger partial charge in [-0.3, -0.25) is 9.69 Å². The zero-order valence-corrected chi connectivity index (χ0v) is 16.0. The molecule has 3 unspecified atom stereocenters. The van der Waals surface area contributed by atoms with E-state index in [1.54, 1.807) is 7.11 Å². The number of ether oxygens (including phenoxy) is 2. The molecule has 0 radical (unpaired) electrons. The molecule has 5 atom stereocenters. The van der Waals surface area contributed by atoms with Crippen LogP contribution in [0.2, 0.25) is 0 Å². The fraction of sp³-hybridized carbons (Fsp3) is 0.667. The van der Waals surface area contributed by atoms with Gasteiger partial charge in [-0.2, -0.15) is 0 Å². The van der Waals surface area contributed by atoms with Crippen LogP contribution in [0, 0.1) is 11.3 Å². The van der Waals surface area contributed by atoms with E-state index in [0.29, 0.717) is 12.6 Å². The molecule has 1 saturated carbocycles. The summed E-state index contributed by atoms with van der Waals surface area (Å²) >= 11 is 0. The van der Waals surface area contributed by atoms with Gasteiger partial charge in [0.25, 0.3) is 0 Å². The van der Waals surface area contributed by atoms with Crippen molar-refractivity contribution in [2.75, 3.05) is 20.8 Å². The first-order valence-electron chi connectivity index (χ1n) is 9.41. The summed E-state index contributed by atoms with van der Waals surface area (Å²) in [5, 5.41) is 0. The summed E-state index contributed by atoms with van der Waals surface area (Å²) in [6.07, 6.45) is 2.97. The summed E-state index contributed by atoms with van der Waals surface area (Å²) in [5.74, 6) is 0.905. The van der Waals surface area contributed by atoms with E-state index in [4.69, 9.17) is 9.47 Å². The Balaban J connectivity index is 1.80. The van der Waals surface area contributed by atoms with Crippen LogP contribution in [0.1, 0.15) is 44.7 Å². The van der Waals surface area contributed by atoms with Gasteiger partial charge in [0, 0.05) is 17.5 Å². The standard InChI is InChI=1S/C21H29NO3/c1-6-25-19(23)15-11-21(3)18-9-13-7-8-14(24-5)10-16(13)20(21,2)12-17(15)22(18)4/h7-8,10,15,17-18H,6,9,11-12H2,1-5H3/t15?,17?,18?,20-,21+/m0/s1. The van der Waals surface area contributed by atoms with Crippen molar-refractivity contribution < 1.29 is 14.3 Å². The molecule has 0 spiro atoms. The molecule has 0 aromatic heterocycles. The molecular formula is C21H29NO3. The number of hydrogen-bond acceptors (Lipinski definition) is 4. The lowest BCUT2D eigenvalue weighted by Gasteiger charge is -2.69. The first kappa shape index (κ1) is 16.9. The number of esters is 1. The fourth-order valence-electron chi connectivity index (χ4n) is 6.08. The molecule has 3 fully saturated rings. The van der Waals surface area contributed by atoms with Gasteiger partial charge in [0.15, 0.2) is 0 Å². The Bertz CT molecular complexity index is 717. The molecule has 25 heavy (non-hydrogen) atoms. The molecule has 5 rings (SSSR count). The van der Waals surface area contributed by atoms with Gasteiger partial charge in [0.05, 0.1) is 19.6 Å². The van der Waals surface area contributed by atoms with Crippen LogP contribution in [-0.2, 0) is 21.4 Å². The molecule has 2 saturated heterocycles. The van der Waals surface area contributed by atoms with Gasteiger partial charge in [-0.1, -0.05) is 19.9 Å². The average Bonchev–Trinajstić information content (AvgIpc) is 2.59. The highest BCUT2D eigenvalue weighted by atomic mass is 16.5. The molecule has 1 aromatic carbocycles. The monoisotopic (exact) mass is 343 g/mol. The second-order valence-corrected chi connectivity index (χ2v) is 8.49. The molecule has 1 aromatic rings. The Hall–Kier alpha value is -1.55. The summed E-state index contributed by atoms with van der Waals surface area (Å²) < 4.78 is 10.9. The summed E-state index contributed by atoms with van der Waals surface area (Å²) in [6.45, 7) is 7.14. The minimum absolute atomic E-state index is 0.00793. The lowest BCUT2D eigenvalue weighted by atomic mass is 9.42. The third-order valence-corrected chi connectivity index (χ3v) is 7.65. The first-order chi connectivity index (χ1) is 11.9. The van der Waals surface area contributed by atoms with Crippen molar-refractivity contribution in [3.05, 3.63) is 29.3 Å². The van der Waals surface area contributed by atoms with E-state index in [0.717, 1.165) is 25.0 Å². The summed E-state index contributed by atoms with van der Waals surface area (Å²) in [4.78, 5) is 15.0. The van der Waals surface area contributed by atoms with Crippen molar-refractivity contribution in [1.29, 1.82) is 0 Å². The summed E-state index contributed by atoms with van der Waals surface area (Å²) in [6, 6.07) is 7.28. The predicted octanol–water partition coefficient (Wildman–Crippen LogP) is 3.17. The molecule has 4 heteroatoms. The third-order valence-electron chi connectivity index (χ3n) is 7.65. The third kappa shape index (κ3) is 2.06. The number of carbonyl (C=O) groups excluding carboxylic acids is 1. The van der Waals surface area contributed by atoms with Gasteiger partial charge < -0.3 is 9.47 Å². The topological polar surface area (TPSA) is 38.8 Å². The van der Waals surface area contributed by atoms with Crippen LogP contribution in [0.15, 0.2) is 18.2 Å². The van der Waals surface area contributed by atoms with Crippen molar-refractivity contribution in [1.82, 2.24) is 4.90 Å². The number of nitrogens with zero attached hydrogens (tertiary/aromatic N) is 1. The second kappa shape index (κ2) is 5.47.